The summed E-state index contributed by atoms with van der Waals surface area (Å²) in [7, 11) is 4.10. The molecule has 0 atom stereocenters. The zero-order valence-electron chi connectivity index (χ0n) is 9.20. The summed E-state index contributed by atoms with van der Waals surface area (Å²) < 4.78 is 0. The molecule has 0 aliphatic carbocycles. The normalized spacial score (nSPS) is 14.4. The van der Waals surface area contributed by atoms with Gasteiger partial charge in [-0.15, -0.1) is 0 Å². The quantitative estimate of drug-likeness (QED) is 0.787. The number of anilines is 1. The van der Waals surface area contributed by atoms with E-state index in [1.165, 1.54) is 16.8 Å². The summed E-state index contributed by atoms with van der Waals surface area (Å²) >= 11 is 0. The number of allylic oxidation sites excluding steroid dienone is 2. The van der Waals surface area contributed by atoms with E-state index in [-0.39, 0.29) is 0 Å². The van der Waals surface area contributed by atoms with Crippen molar-refractivity contribution in [2.45, 2.75) is 0 Å². The van der Waals surface area contributed by atoms with Crippen molar-refractivity contribution in [3.63, 3.8) is 0 Å². The van der Waals surface area contributed by atoms with E-state index in [9.17, 15) is 0 Å². The monoisotopic (exact) mass is 200 g/mol. The van der Waals surface area contributed by atoms with Gasteiger partial charge in [-0.05, 0) is 23.3 Å². The number of dihydropyridines is 1. The van der Waals surface area contributed by atoms with Crippen LogP contribution in [-0.4, -0.2) is 20.6 Å². The lowest BCUT2D eigenvalue weighted by molar-refractivity contribution is 0.976. The molecule has 15 heavy (non-hydrogen) atoms. The molecule has 0 radical (unpaired) electrons. The first-order valence-electron chi connectivity index (χ1n) is 5.15. The summed E-state index contributed by atoms with van der Waals surface area (Å²) in [6, 6.07) is 8.58. The van der Waals surface area contributed by atoms with Gasteiger partial charge in [0.1, 0.15) is 0 Å². The molecule has 78 valence electrons. The first-order valence-corrected chi connectivity index (χ1v) is 5.15. The first-order chi connectivity index (χ1) is 7.27. The molecule has 2 nitrogen and oxygen atoms in total. The van der Waals surface area contributed by atoms with Gasteiger partial charge in [-0.2, -0.15) is 0 Å². The van der Waals surface area contributed by atoms with Crippen LogP contribution < -0.4 is 10.2 Å². The van der Waals surface area contributed by atoms with Crippen LogP contribution in [0.15, 0.2) is 42.6 Å². The van der Waals surface area contributed by atoms with Crippen molar-refractivity contribution in [2.75, 3.05) is 25.5 Å². The average molecular weight is 200 g/mol. The van der Waals surface area contributed by atoms with Crippen molar-refractivity contribution in [1.29, 1.82) is 0 Å². The maximum atomic E-state index is 3.21. The fraction of sp³-hybridized carbons (Fsp3) is 0.231. The Kier molecular flexibility index (Phi) is 2.77. The van der Waals surface area contributed by atoms with Gasteiger partial charge in [0.2, 0.25) is 0 Å². The Morgan fingerprint density at radius 1 is 1.13 bits per heavy atom. The molecule has 0 fully saturated rings. The molecular formula is C13H16N2. The van der Waals surface area contributed by atoms with Crippen molar-refractivity contribution in [3.05, 3.63) is 48.2 Å². The van der Waals surface area contributed by atoms with Crippen LogP contribution in [0, 0.1) is 0 Å². The fourth-order valence-electron chi connectivity index (χ4n) is 1.60. The second kappa shape index (κ2) is 4.22. The van der Waals surface area contributed by atoms with Gasteiger partial charge in [-0.1, -0.05) is 24.3 Å². The van der Waals surface area contributed by atoms with Crippen molar-refractivity contribution in [1.82, 2.24) is 5.32 Å². The Bertz CT molecular complexity index is 386. The summed E-state index contributed by atoms with van der Waals surface area (Å²) in [6.45, 7) is 0.930. The molecule has 1 N–H and O–H groups in total. The molecule has 2 rings (SSSR count). The van der Waals surface area contributed by atoms with Crippen LogP contribution in [0.3, 0.4) is 0 Å². The van der Waals surface area contributed by atoms with Crippen molar-refractivity contribution < 1.29 is 0 Å². The smallest absolute Gasteiger partial charge is 0.0361 e. The Balaban J connectivity index is 2.23. The summed E-state index contributed by atoms with van der Waals surface area (Å²) in [5.74, 6) is 0. The van der Waals surface area contributed by atoms with Gasteiger partial charge >= 0.3 is 0 Å². The van der Waals surface area contributed by atoms with E-state index in [2.05, 4.69) is 66.9 Å². The highest BCUT2D eigenvalue weighted by Crippen LogP contribution is 2.20. The van der Waals surface area contributed by atoms with Gasteiger partial charge in [-0.25, -0.2) is 0 Å². The lowest BCUT2D eigenvalue weighted by Crippen LogP contribution is -2.09. The summed E-state index contributed by atoms with van der Waals surface area (Å²) in [6.07, 6.45) is 6.35. The number of nitrogens with zero attached hydrogens (tertiary/aromatic N) is 1. The molecule has 0 spiro atoms. The van der Waals surface area contributed by atoms with E-state index in [4.69, 9.17) is 0 Å². The van der Waals surface area contributed by atoms with Gasteiger partial charge in [0.15, 0.2) is 0 Å². The number of nitrogens with one attached hydrogen (secondary N) is 1. The van der Waals surface area contributed by atoms with Gasteiger partial charge < -0.3 is 10.2 Å². The Morgan fingerprint density at radius 3 is 2.40 bits per heavy atom. The van der Waals surface area contributed by atoms with E-state index in [0.29, 0.717) is 0 Å². The van der Waals surface area contributed by atoms with Crippen molar-refractivity contribution in [2.24, 2.45) is 0 Å². The highest BCUT2D eigenvalue weighted by molar-refractivity contribution is 5.75. The predicted molar refractivity (Wildman–Crippen MR) is 65.9 cm³/mol. The van der Waals surface area contributed by atoms with E-state index in [0.717, 1.165) is 6.54 Å². The number of rotatable bonds is 2. The van der Waals surface area contributed by atoms with Crippen LogP contribution in [0.1, 0.15) is 5.56 Å². The Hall–Kier alpha value is -1.70. The molecule has 0 saturated carbocycles. The third-order valence-corrected chi connectivity index (χ3v) is 2.51. The zero-order chi connectivity index (χ0) is 10.7. The summed E-state index contributed by atoms with van der Waals surface area (Å²) in [4.78, 5) is 2.10. The number of hydrogen-bond donors (Lipinski definition) is 1. The van der Waals surface area contributed by atoms with Crippen LogP contribution in [0.4, 0.5) is 5.69 Å². The second-order valence-electron chi connectivity index (χ2n) is 3.85. The minimum absolute atomic E-state index is 0.930. The van der Waals surface area contributed by atoms with E-state index in [1.807, 2.05) is 0 Å². The predicted octanol–water partition coefficient (Wildman–Crippen LogP) is 2.25. The van der Waals surface area contributed by atoms with Gasteiger partial charge in [-0.3, -0.25) is 0 Å². The topological polar surface area (TPSA) is 15.3 Å². The van der Waals surface area contributed by atoms with Crippen LogP contribution in [0.2, 0.25) is 0 Å². The van der Waals surface area contributed by atoms with Crippen LogP contribution in [0.5, 0.6) is 0 Å². The number of benzene rings is 1. The molecule has 0 bridgehead atoms. The first kappa shape index (κ1) is 9.84. The minimum atomic E-state index is 0.930. The second-order valence-corrected chi connectivity index (χ2v) is 3.85. The van der Waals surface area contributed by atoms with E-state index >= 15 is 0 Å². The van der Waals surface area contributed by atoms with E-state index in [1.54, 1.807) is 0 Å². The zero-order valence-corrected chi connectivity index (χ0v) is 9.20. The largest absolute Gasteiger partial charge is 0.387 e. The molecule has 1 heterocycles. The Labute approximate surface area is 90.9 Å². The SMILES string of the molecule is CN(C)c1ccc(C2=CNCC=C2)cc1. The molecule has 0 saturated heterocycles. The van der Waals surface area contributed by atoms with Crippen LogP contribution >= 0.6 is 0 Å². The standard InChI is InChI=1S/C13H16N2/c1-15(2)13-7-5-11(6-8-13)12-4-3-9-14-10-12/h3-8,10,14H,9H2,1-2H3. The molecule has 1 aromatic carbocycles. The summed E-state index contributed by atoms with van der Waals surface area (Å²) in [5.41, 5.74) is 3.72. The van der Waals surface area contributed by atoms with E-state index < -0.39 is 0 Å². The average Bonchev–Trinajstić information content (AvgIpc) is 2.30. The lowest BCUT2D eigenvalue weighted by atomic mass is 10.0. The van der Waals surface area contributed by atoms with Crippen LogP contribution in [0.25, 0.3) is 5.57 Å². The fourth-order valence-corrected chi connectivity index (χ4v) is 1.60. The molecule has 0 aromatic heterocycles. The number of hydrogen-bond acceptors (Lipinski definition) is 2. The highest BCUT2D eigenvalue weighted by atomic mass is 15.1. The molecule has 2 heteroatoms. The Morgan fingerprint density at radius 2 is 1.87 bits per heavy atom. The third-order valence-electron chi connectivity index (χ3n) is 2.51. The minimum Gasteiger partial charge on any atom is -0.387 e. The summed E-state index contributed by atoms with van der Waals surface area (Å²) in [5, 5.41) is 3.21. The lowest BCUT2D eigenvalue weighted by Gasteiger charge is -2.14. The van der Waals surface area contributed by atoms with Gasteiger partial charge in [0.25, 0.3) is 0 Å². The maximum absolute atomic E-state index is 3.21. The van der Waals surface area contributed by atoms with Crippen molar-refractivity contribution >= 4 is 11.3 Å². The highest BCUT2D eigenvalue weighted by Gasteiger charge is 2.01. The molecular weight excluding hydrogens is 184 g/mol. The van der Waals surface area contributed by atoms with Gasteiger partial charge in [0.05, 0.1) is 0 Å². The molecule has 1 aliphatic rings. The molecule has 1 aliphatic heterocycles. The van der Waals surface area contributed by atoms with Crippen molar-refractivity contribution in [3.8, 4) is 0 Å². The van der Waals surface area contributed by atoms with Gasteiger partial charge in [0, 0.05) is 32.5 Å². The maximum Gasteiger partial charge on any atom is 0.0361 e. The molecule has 0 unspecified atom stereocenters. The van der Waals surface area contributed by atoms with Crippen LogP contribution in [-0.2, 0) is 0 Å². The third kappa shape index (κ3) is 2.21. The molecule has 0 amide bonds. The molecule has 1 aromatic rings.